The molecule has 0 N–H and O–H groups in total. The first-order valence-electron chi connectivity index (χ1n) is 16.8. The lowest BCUT2D eigenvalue weighted by molar-refractivity contribution is -0.923. The Kier molecular flexibility index (Phi) is 11.5. The molecule has 0 aromatic heterocycles. The van der Waals surface area contributed by atoms with Crippen LogP contribution in [0, 0.1) is 0 Å². The van der Waals surface area contributed by atoms with E-state index in [-0.39, 0.29) is 60.0 Å². The highest BCUT2D eigenvalue weighted by atomic mass is 127. The molecule has 4 aliphatic heterocycles. The average Bonchev–Trinajstić information content (AvgIpc) is 3.07. The van der Waals surface area contributed by atoms with Gasteiger partial charge in [-0.25, -0.2) is 0 Å². The van der Waals surface area contributed by atoms with Crippen LogP contribution in [0.2, 0.25) is 0 Å². The molecule has 4 heterocycles. The fourth-order valence-electron chi connectivity index (χ4n) is 7.95. The predicted molar refractivity (Wildman–Crippen MR) is 186 cm³/mol. The highest BCUT2D eigenvalue weighted by Crippen LogP contribution is 2.52. The minimum absolute atomic E-state index is 0. The van der Waals surface area contributed by atoms with Gasteiger partial charge < -0.3 is 85.3 Å². The molecule has 8 nitrogen and oxygen atoms in total. The van der Waals surface area contributed by atoms with E-state index in [1.54, 1.807) is 28.4 Å². The van der Waals surface area contributed by atoms with Crippen LogP contribution < -0.4 is 76.4 Å². The predicted octanol–water partition coefficient (Wildman–Crippen LogP) is 1.46. The minimum atomic E-state index is 0. The van der Waals surface area contributed by atoms with Crippen molar-refractivity contribution in [1.29, 1.82) is 0 Å². The van der Waals surface area contributed by atoms with Gasteiger partial charge in [0.15, 0.2) is 34.5 Å². The van der Waals surface area contributed by atoms with Crippen molar-refractivity contribution in [3.63, 3.8) is 0 Å². The van der Waals surface area contributed by atoms with E-state index in [1.807, 2.05) is 6.07 Å². The van der Waals surface area contributed by atoms with Crippen molar-refractivity contribution >= 4 is 0 Å². The van der Waals surface area contributed by atoms with Gasteiger partial charge in [0.2, 0.25) is 5.75 Å². The van der Waals surface area contributed by atoms with Crippen LogP contribution in [0.1, 0.15) is 45.5 Å². The van der Waals surface area contributed by atoms with E-state index in [9.17, 15) is 0 Å². The molecular formula is C40H48I2N2O6. The number of hydrogen-bond donors (Lipinski definition) is 0. The Hall–Kier alpha value is -2.94. The van der Waals surface area contributed by atoms with E-state index in [0.29, 0.717) is 28.7 Å². The molecule has 4 aliphatic rings. The Bertz CT molecular complexity index is 1860. The van der Waals surface area contributed by atoms with Crippen LogP contribution in [-0.2, 0) is 25.7 Å². The van der Waals surface area contributed by atoms with E-state index in [4.69, 9.17) is 28.4 Å². The lowest BCUT2D eigenvalue weighted by Gasteiger charge is -2.43. The standard InChI is InChI=1S/C40H48N2O6.2HI/c1-41(2)17-15-27-22-34(44-6)36-24-30(27)31(41)19-25-9-12-29(13-10-25)47-40-38-28(23-37(45-7)39(40)46-8)16-18-42(3,4)32(38)20-26-11-14-33(43-5)35(21-26)48-36;;/h9-14,21-24,31-32H,15-20H2,1-8H3;2*1H/q+2;;/p-2/t31-,32+;;/m0../s1. The highest BCUT2D eigenvalue weighted by Gasteiger charge is 2.41. The Morgan fingerprint density at radius 3 is 1.82 bits per heavy atom. The molecule has 4 aromatic rings. The molecule has 0 radical (unpaired) electrons. The van der Waals surface area contributed by atoms with Gasteiger partial charge >= 0.3 is 0 Å². The van der Waals surface area contributed by atoms with Crippen molar-refractivity contribution in [2.45, 2.75) is 37.8 Å². The number of hydrogen-bond acceptors (Lipinski definition) is 6. The highest BCUT2D eigenvalue weighted by molar-refractivity contribution is 5.62. The molecule has 0 amide bonds. The molecule has 10 heteroatoms. The lowest BCUT2D eigenvalue weighted by Crippen LogP contribution is -3.00. The summed E-state index contributed by atoms with van der Waals surface area (Å²) in [6.45, 7) is 2.01. The van der Waals surface area contributed by atoms with Gasteiger partial charge in [-0.2, -0.15) is 0 Å². The Labute approximate surface area is 330 Å². The monoisotopic (exact) mass is 906 g/mol. The summed E-state index contributed by atoms with van der Waals surface area (Å²) in [5.41, 5.74) is 7.34. The first-order valence-corrected chi connectivity index (χ1v) is 16.8. The molecule has 4 aromatic carbocycles. The Morgan fingerprint density at radius 2 is 1.16 bits per heavy atom. The first kappa shape index (κ1) is 38.3. The molecule has 0 spiro atoms. The van der Waals surface area contributed by atoms with Crippen LogP contribution in [0.3, 0.4) is 0 Å². The molecule has 0 unspecified atom stereocenters. The van der Waals surface area contributed by atoms with E-state index in [0.717, 1.165) is 76.1 Å². The van der Waals surface area contributed by atoms with Gasteiger partial charge in [0.05, 0.1) is 75.3 Å². The van der Waals surface area contributed by atoms with Crippen LogP contribution in [0.15, 0.2) is 60.7 Å². The second kappa shape index (κ2) is 15.0. The third kappa shape index (κ3) is 6.97. The smallest absolute Gasteiger partial charge is 0.204 e. The fraction of sp³-hybridized carbons (Fsp3) is 0.400. The van der Waals surface area contributed by atoms with E-state index in [2.05, 4.69) is 82.8 Å². The topological polar surface area (TPSA) is 55.4 Å². The second-order valence-electron chi connectivity index (χ2n) is 14.5. The summed E-state index contributed by atoms with van der Waals surface area (Å²) >= 11 is 0. The van der Waals surface area contributed by atoms with Crippen molar-refractivity contribution in [2.24, 2.45) is 0 Å². The summed E-state index contributed by atoms with van der Waals surface area (Å²) in [7, 11) is 16.0. The molecule has 0 fully saturated rings. The molecule has 268 valence electrons. The summed E-state index contributed by atoms with van der Waals surface area (Å²) in [5, 5.41) is 0. The molecule has 0 saturated carbocycles. The number of ether oxygens (including phenoxy) is 6. The number of likely N-dealkylation sites (N-methyl/N-ethyl adjacent to an activating group) is 2. The van der Waals surface area contributed by atoms with Crippen LogP contribution in [0.5, 0.6) is 46.0 Å². The van der Waals surface area contributed by atoms with Crippen LogP contribution >= 0.6 is 0 Å². The third-order valence-electron chi connectivity index (χ3n) is 10.9. The van der Waals surface area contributed by atoms with Gasteiger partial charge in [0.1, 0.15) is 17.8 Å². The van der Waals surface area contributed by atoms with Crippen LogP contribution in [-0.4, -0.2) is 78.7 Å². The van der Waals surface area contributed by atoms with Crippen molar-refractivity contribution in [2.75, 3.05) is 69.7 Å². The Balaban J connectivity index is 0.00000243. The summed E-state index contributed by atoms with van der Waals surface area (Å²) in [5.74, 6) is 5.54. The van der Waals surface area contributed by atoms with Crippen molar-refractivity contribution in [3.8, 4) is 46.0 Å². The number of rotatable bonds is 4. The summed E-state index contributed by atoms with van der Waals surface area (Å²) in [6.07, 6.45) is 3.50. The van der Waals surface area contributed by atoms with Gasteiger partial charge in [-0.05, 0) is 64.7 Å². The molecular weight excluding hydrogens is 858 g/mol. The number of quaternary nitrogens is 2. The maximum Gasteiger partial charge on any atom is 0.204 e. The molecule has 0 aliphatic carbocycles. The van der Waals surface area contributed by atoms with Gasteiger partial charge in [0.25, 0.3) is 0 Å². The number of methoxy groups -OCH3 is 4. The van der Waals surface area contributed by atoms with E-state index >= 15 is 0 Å². The zero-order chi connectivity index (χ0) is 33.8. The molecule has 0 saturated heterocycles. The zero-order valence-electron chi connectivity index (χ0n) is 30.3. The van der Waals surface area contributed by atoms with E-state index < -0.39 is 0 Å². The number of halogens is 2. The van der Waals surface area contributed by atoms with E-state index in [1.165, 1.54) is 22.3 Å². The largest absolute Gasteiger partial charge is 1.00 e. The van der Waals surface area contributed by atoms with Crippen LogP contribution in [0.25, 0.3) is 0 Å². The van der Waals surface area contributed by atoms with Crippen LogP contribution in [0.4, 0.5) is 0 Å². The van der Waals surface area contributed by atoms with Gasteiger partial charge in [-0.1, -0.05) is 18.2 Å². The molecule has 2 atom stereocenters. The quantitative estimate of drug-likeness (QED) is 0.229. The fourth-order valence-corrected chi connectivity index (χ4v) is 7.95. The number of benzene rings is 4. The molecule has 6 bridgehead atoms. The number of nitrogens with zero attached hydrogens (tertiary/aromatic N) is 2. The summed E-state index contributed by atoms with van der Waals surface area (Å²) in [6, 6.07) is 21.6. The van der Waals surface area contributed by atoms with Crippen molar-refractivity contribution < 1.29 is 85.3 Å². The Morgan fingerprint density at radius 1 is 0.580 bits per heavy atom. The second-order valence-corrected chi connectivity index (χ2v) is 14.5. The lowest BCUT2D eigenvalue weighted by atomic mass is 9.85. The van der Waals surface area contributed by atoms with Crippen molar-refractivity contribution in [3.05, 3.63) is 94.0 Å². The first-order chi connectivity index (χ1) is 23.0. The number of fused-ring (bicyclic) bond motifs is 2. The third-order valence-corrected chi connectivity index (χ3v) is 10.9. The van der Waals surface area contributed by atoms with Gasteiger partial charge in [-0.3, -0.25) is 0 Å². The molecule has 8 rings (SSSR count). The zero-order valence-corrected chi connectivity index (χ0v) is 34.6. The van der Waals surface area contributed by atoms with Crippen molar-refractivity contribution in [1.82, 2.24) is 0 Å². The minimum Gasteiger partial charge on any atom is -1.00 e. The van der Waals surface area contributed by atoms with Gasteiger partial charge in [-0.15, -0.1) is 0 Å². The summed E-state index contributed by atoms with van der Waals surface area (Å²) in [4.78, 5) is 0. The normalized spacial score (nSPS) is 19.4. The van der Waals surface area contributed by atoms with Gasteiger partial charge in [0, 0.05) is 31.2 Å². The molecule has 50 heavy (non-hydrogen) atoms. The average molecular weight is 907 g/mol. The maximum absolute atomic E-state index is 6.86. The maximum atomic E-state index is 6.86. The summed E-state index contributed by atoms with van der Waals surface area (Å²) < 4.78 is 39.0. The SMILES string of the molecule is COc1ccc2cc1Oc1cc3c(cc1OC)CC[N+](C)(C)[C@H]3Cc1ccc(cc1)Oc1c(OC)c(OC)cc3c1[C@@H](C2)[N+](C)(C)CC3.[I-].[I-].